The number of carbonyl (C=O) groups excluding carboxylic acids is 1. The molecule has 1 N–H and O–H groups in total. The van der Waals surface area contributed by atoms with Gasteiger partial charge in [0.05, 0.1) is 11.4 Å². The smallest absolute Gasteiger partial charge is 0.257 e. The molecule has 0 bridgehead atoms. The van der Waals surface area contributed by atoms with E-state index in [1.54, 1.807) is 10.7 Å². The summed E-state index contributed by atoms with van der Waals surface area (Å²) >= 11 is 7.34. The molecular weight excluding hydrogens is 420 g/mol. The van der Waals surface area contributed by atoms with Crippen molar-refractivity contribution >= 4 is 34.2 Å². The maximum absolute atomic E-state index is 12.5. The maximum Gasteiger partial charge on any atom is 0.257 e. The van der Waals surface area contributed by atoms with Crippen LogP contribution in [0, 0.1) is 27.7 Å². The van der Waals surface area contributed by atoms with Gasteiger partial charge in [0, 0.05) is 22.1 Å². The molecule has 0 atom stereocenters. The Kier molecular flexibility index (Phi) is 5.36. The van der Waals surface area contributed by atoms with Gasteiger partial charge in [-0.05, 0) is 68.7 Å². The molecule has 2 aromatic carbocycles. The highest BCUT2D eigenvalue weighted by atomic mass is 35.5. The molecule has 0 saturated carbocycles. The van der Waals surface area contributed by atoms with Gasteiger partial charge in [0.25, 0.3) is 5.91 Å². The van der Waals surface area contributed by atoms with Crippen LogP contribution >= 0.6 is 23.1 Å². The van der Waals surface area contributed by atoms with Gasteiger partial charge in [0.1, 0.15) is 0 Å². The number of rotatable bonds is 4. The van der Waals surface area contributed by atoms with Gasteiger partial charge in [-0.1, -0.05) is 28.9 Å². The lowest BCUT2D eigenvalue weighted by Gasteiger charge is -2.05. The fourth-order valence-electron chi connectivity index (χ4n) is 2.92. The molecule has 4 aromatic rings. The Balaban J connectivity index is 1.57. The molecule has 0 aliphatic heterocycles. The van der Waals surface area contributed by atoms with Gasteiger partial charge in [-0.25, -0.2) is 4.68 Å². The predicted molar refractivity (Wildman–Crippen MR) is 119 cm³/mol. The molecular formula is C21H19ClN6OS. The topological polar surface area (TPSA) is 85.6 Å². The predicted octanol–water partition coefficient (Wildman–Crippen LogP) is 4.93. The van der Waals surface area contributed by atoms with E-state index in [2.05, 4.69) is 25.0 Å². The second-order valence-electron chi connectivity index (χ2n) is 7.05. The van der Waals surface area contributed by atoms with Crippen molar-refractivity contribution in [2.45, 2.75) is 27.7 Å². The number of carbonyl (C=O) groups is 1. The van der Waals surface area contributed by atoms with Gasteiger partial charge in [0.15, 0.2) is 11.5 Å². The van der Waals surface area contributed by atoms with Crippen LogP contribution in [0.5, 0.6) is 0 Å². The molecule has 0 saturated heterocycles. The lowest BCUT2D eigenvalue weighted by Crippen LogP contribution is -2.12. The normalized spacial score (nSPS) is 11.0. The lowest BCUT2D eigenvalue weighted by atomic mass is 10.1. The SMILES string of the molecule is Cc1ccc(C(=O)Nc2nc(-c3nnn(-c4ccc(C)c(Cl)c4)c3C)ns2)cc1C. The van der Waals surface area contributed by atoms with Gasteiger partial charge < -0.3 is 0 Å². The van der Waals surface area contributed by atoms with Crippen LogP contribution in [0.3, 0.4) is 0 Å². The standard InChI is InChI=1S/C21H19ClN6OS/c1-11-5-7-15(9-13(11)3)20(29)24-21-23-19(26-30-21)18-14(4)28(27-25-18)16-8-6-12(2)17(22)10-16/h5-10H,1-4H3,(H,23,24,26,29). The molecule has 2 heterocycles. The Bertz CT molecular complexity index is 1260. The van der Waals surface area contributed by atoms with E-state index in [4.69, 9.17) is 11.6 Å². The van der Waals surface area contributed by atoms with Crippen LogP contribution in [0.2, 0.25) is 5.02 Å². The summed E-state index contributed by atoms with van der Waals surface area (Å²) in [7, 11) is 0. The first kappa shape index (κ1) is 20.2. The van der Waals surface area contributed by atoms with Crippen molar-refractivity contribution in [1.29, 1.82) is 0 Å². The molecule has 1 amide bonds. The first-order valence-electron chi connectivity index (χ1n) is 9.25. The summed E-state index contributed by atoms with van der Waals surface area (Å²) in [5.41, 5.74) is 5.90. The summed E-state index contributed by atoms with van der Waals surface area (Å²) in [5, 5.41) is 12.3. The molecule has 0 radical (unpaired) electrons. The molecule has 0 aliphatic rings. The molecule has 0 fully saturated rings. The summed E-state index contributed by atoms with van der Waals surface area (Å²) in [6, 6.07) is 11.3. The summed E-state index contributed by atoms with van der Waals surface area (Å²) in [5.74, 6) is 0.188. The third-order valence-electron chi connectivity index (χ3n) is 4.92. The van der Waals surface area contributed by atoms with Gasteiger partial charge in [-0.2, -0.15) is 9.36 Å². The van der Waals surface area contributed by atoms with E-state index in [-0.39, 0.29) is 5.91 Å². The maximum atomic E-state index is 12.5. The summed E-state index contributed by atoms with van der Waals surface area (Å²) in [4.78, 5) is 16.9. The fraction of sp³-hybridized carbons (Fsp3) is 0.190. The second-order valence-corrected chi connectivity index (χ2v) is 8.20. The first-order valence-corrected chi connectivity index (χ1v) is 10.4. The highest BCUT2D eigenvalue weighted by molar-refractivity contribution is 7.10. The number of aromatic nitrogens is 5. The number of halogens is 1. The van der Waals surface area contributed by atoms with Gasteiger partial charge in [-0.15, -0.1) is 5.10 Å². The molecule has 9 heteroatoms. The average molecular weight is 439 g/mol. The van der Waals surface area contributed by atoms with Crippen molar-refractivity contribution in [2.75, 3.05) is 5.32 Å². The van der Waals surface area contributed by atoms with Crippen molar-refractivity contribution in [2.24, 2.45) is 0 Å². The number of hydrogen-bond acceptors (Lipinski definition) is 6. The monoisotopic (exact) mass is 438 g/mol. The van der Waals surface area contributed by atoms with Crippen LogP contribution in [0.15, 0.2) is 36.4 Å². The Labute approximate surface area is 182 Å². The van der Waals surface area contributed by atoms with Crippen molar-refractivity contribution in [3.8, 4) is 17.2 Å². The highest BCUT2D eigenvalue weighted by Crippen LogP contribution is 2.26. The van der Waals surface area contributed by atoms with Crippen molar-refractivity contribution in [3.63, 3.8) is 0 Å². The Morgan fingerprint density at radius 1 is 1.03 bits per heavy atom. The highest BCUT2D eigenvalue weighted by Gasteiger charge is 2.18. The van der Waals surface area contributed by atoms with Crippen molar-refractivity contribution in [1.82, 2.24) is 24.4 Å². The fourth-order valence-corrected chi connectivity index (χ4v) is 3.66. The molecule has 4 rings (SSSR count). The summed E-state index contributed by atoms with van der Waals surface area (Å²) in [6.45, 7) is 7.81. The Morgan fingerprint density at radius 2 is 1.80 bits per heavy atom. The molecule has 152 valence electrons. The summed E-state index contributed by atoms with van der Waals surface area (Å²) < 4.78 is 6.03. The van der Waals surface area contributed by atoms with E-state index < -0.39 is 0 Å². The molecule has 30 heavy (non-hydrogen) atoms. The minimum absolute atomic E-state index is 0.226. The van der Waals surface area contributed by atoms with Crippen LogP contribution in [0.25, 0.3) is 17.2 Å². The molecule has 0 aliphatic carbocycles. The third-order valence-corrected chi connectivity index (χ3v) is 5.96. The zero-order valence-corrected chi connectivity index (χ0v) is 18.5. The number of benzene rings is 2. The Hall–Kier alpha value is -3.10. The molecule has 2 aromatic heterocycles. The van der Waals surface area contributed by atoms with Crippen molar-refractivity contribution in [3.05, 3.63) is 69.4 Å². The summed E-state index contributed by atoms with van der Waals surface area (Å²) in [6.07, 6.45) is 0. The van der Waals surface area contributed by atoms with E-state index in [9.17, 15) is 4.79 Å². The number of nitrogens with one attached hydrogen (secondary N) is 1. The first-order chi connectivity index (χ1) is 14.3. The second kappa shape index (κ2) is 7.97. The van der Waals surface area contributed by atoms with Gasteiger partial charge in [-0.3, -0.25) is 10.1 Å². The minimum Gasteiger partial charge on any atom is -0.297 e. The number of nitrogens with zero attached hydrogens (tertiary/aromatic N) is 5. The lowest BCUT2D eigenvalue weighted by molar-refractivity contribution is 0.102. The van der Waals surface area contributed by atoms with Crippen molar-refractivity contribution < 1.29 is 4.79 Å². The largest absolute Gasteiger partial charge is 0.297 e. The van der Waals surface area contributed by atoms with E-state index >= 15 is 0 Å². The number of amides is 1. The number of anilines is 1. The van der Waals surface area contributed by atoms with Crippen LogP contribution in [0.1, 0.15) is 32.7 Å². The van der Waals surface area contributed by atoms with Crippen LogP contribution < -0.4 is 5.32 Å². The van der Waals surface area contributed by atoms with Crippen LogP contribution in [-0.4, -0.2) is 30.3 Å². The minimum atomic E-state index is -0.226. The molecule has 7 nitrogen and oxygen atoms in total. The van der Waals surface area contributed by atoms with Gasteiger partial charge in [0.2, 0.25) is 5.13 Å². The van der Waals surface area contributed by atoms with E-state index in [0.29, 0.717) is 27.2 Å². The zero-order chi connectivity index (χ0) is 21.4. The average Bonchev–Trinajstić information content (AvgIpc) is 3.32. The Morgan fingerprint density at radius 3 is 2.53 bits per heavy atom. The van der Waals surface area contributed by atoms with E-state index in [1.807, 2.05) is 58.0 Å². The van der Waals surface area contributed by atoms with E-state index in [0.717, 1.165) is 39.6 Å². The quantitative estimate of drug-likeness (QED) is 0.488. The third kappa shape index (κ3) is 3.83. The molecule has 0 spiro atoms. The number of aryl methyl sites for hydroxylation is 3. The number of hydrogen-bond donors (Lipinski definition) is 1. The zero-order valence-electron chi connectivity index (χ0n) is 16.9. The van der Waals surface area contributed by atoms with Crippen LogP contribution in [0.4, 0.5) is 5.13 Å². The molecule has 0 unspecified atom stereocenters. The van der Waals surface area contributed by atoms with Crippen LogP contribution in [-0.2, 0) is 0 Å². The van der Waals surface area contributed by atoms with Gasteiger partial charge >= 0.3 is 0 Å². The van der Waals surface area contributed by atoms with E-state index in [1.165, 1.54) is 0 Å².